The molecule has 1 N–H and O–H groups in total. The van der Waals surface area contributed by atoms with E-state index in [9.17, 15) is 4.79 Å². The molecule has 0 spiro atoms. The molecule has 0 radical (unpaired) electrons. The van der Waals surface area contributed by atoms with Crippen molar-refractivity contribution in [2.24, 2.45) is 0 Å². The molecule has 1 amide bonds. The standard InChI is InChI=1S/C11H15IN2O2/c1-3-4-6-13-10(15)9-8(12)5-7-14-11(9)16-2/h5,7H,3-4,6H2,1-2H3,(H,13,15). The van der Waals surface area contributed by atoms with E-state index in [0.29, 0.717) is 18.0 Å². The Morgan fingerprint density at radius 3 is 3.00 bits per heavy atom. The van der Waals surface area contributed by atoms with Gasteiger partial charge in [0.1, 0.15) is 5.56 Å². The maximum Gasteiger partial charge on any atom is 0.257 e. The van der Waals surface area contributed by atoms with Crippen LogP contribution < -0.4 is 10.1 Å². The number of nitrogens with one attached hydrogen (secondary N) is 1. The Balaban J connectivity index is 2.81. The molecule has 16 heavy (non-hydrogen) atoms. The lowest BCUT2D eigenvalue weighted by molar-refractivity contribution is 0.0948. The highest BCUT2D eigenvalue weighted by Gasteiger charge is 2.16. The highest BCUT2D eigenvalue weighted by molar-refractivity contribution is 14.1. The smallest absolute Gasteiger partial charge is 0.257 e. The molecule has 0 aliphatic carbocycles. The van der Waals surface area contributed by atoms with Gasteiger partial charge in [-0.1, -0.05) is 13.3 Å². The Morgan fingerprint density at radius 2 is 2.38 bits per heavy atom. The fraction of sp³-hybridized carbons (Fsp3) is 0.455. The third kappa shape index (κ3) is 3.33. The first-order valence-electron chi connectivity index (χ1n) is 5.17. The first-order valence-corrected chi connectivity index (χ1v) is 6.25. The maximum atomic E-state index is 11.9. The minimum Gasteiger partial charge on any atom is -0.480 e. The molecule has 0 bridgehead atoms. The molecule has 1 aromatic rings. The summed E-state index contributed by atoms with van der Waals surface area (Å²) in [6.07, 6.45) is 3.66. The highest BCUT2D eigenvalue weighted by atomic mass is 127. The Kier molecular flexibility index (Phi) is 5.51. The first-order chi connectivity index (χ1) is 7.70. The minimum atomic E-state index is -0.122. The summed E-state index contributed by atoms with van der Waals surface area (Å²) in [5.41, 5.74) is 0.515. The van der Waals surface area contributed by atoms with Gasteiger partial charge in [-0.15, -0.1) is 0 Å². The molecular weight excluding hydrogens is 319 g/mol. The summed E-state index contributed by atoms with van der Waals surface area (Å²) in [5, 5.41) is 2.85. The van der Waals surface area contributed by atoms with Crippen LogP contribution in [-0.4, -0.2) is 24.5 Å². The number of aromatic nitrogens is 1. The molecule has 0 atom stereocenters. The van der Waals surface area contributed by atoms with Crippen molar-refractivity contribution in [2.75, 3.05) is 13.7 Å². The van der Waals surface area contributed by atoms with Crippen LogP contribution in [0.25, 0.3) is 0 Å². The van der Waals surface area contributed by atoms with Gasteiger partial charge in [-0.3, -0.25) is 4.79 Å². The number of pyridine rings is 1. The van der Waals surface area contributed by atoms with Gasteiger partial charge >= 0.3 is 0 Å². The van der Waals surface area contributed by atoms with Gasteiger partial charge in [-0.25, -0.2) is 4.98 Å². The fourth-order valence-corrected chi connectivity index (χ4v) is 1.88. The van der Waals surface area contributed by atoms with E-state index in [4.69, 9.17) is 4.74 Å². The number of nitrogens with zero attached hydrogens (tertiary/aromatic N) is 1. The molecule has 88 valence electrons. The van der Waals surface area contributed by atoms with Gasteiger partial charge in [-0.05, 0) is 35.1 Å². The van der Waals surface area contributed by atoms with Crippen molar-refractivity contribution < 1.29 is 9.53 Å². The van der Waals surface area contributed by atoms with Crippen molar-refractivity contribution in [2.45, 2.75) is 19.8 Å². The lowest BCUT2D eigenvalue weighted by Crippen LogP contribution is -2.26. The molecular formula is C11H15IN2O2. The molecule has 1 heterocycles. The Morgan fingerprint density at radius 1 is 1.62 bits per heavy atom. The Bertz CT molecular complexity index is 369. The van der Waals surface area contributed by atoms with Crippen molar-refractivity contribution in [1.29, 1.82) is 0 Å². The molecule has 0 saturated carbocycles. The monoisotopic (exact) mass is 334 g/mol. The molecule has 0 aliphatic rings. The molecule has 4 nitrogen and oxygen atoms in total. The number of hydrogen-bond donors (Lipinski definition) is 1. The van der Waals surface area contributed by atoms with Crippen molar-refractivity contribution in [3.05, 3.63) is 21.4 Å². The van der Waals surface area contributed by atoms with E-state index in [0.717, 1.165) is 16.4 Å². The Labute approximate surface area is 109 Å². The molecule has 0 aliphatic heterocycles. The molecule has 0 aromatic carbocycles. The van der Waals surface area contributed by atoms with Crippen LogP contribution in [0.15, 0.2) is 12.3 Å². The van der Waals surface area contributed by atoms with Crippen LogP contribution in [-0.2, 0) is 0 Å². The zero-order valence-electron chi connectivity index (χ0n) is 9.42. The first kappa shape index (κ1) is 13.2. The highest BCUT2D eigenvalue weighted by Crippen LogP contribution is 2.20. The topological polar surface area (TPSA) is 51.2 Å². The summed E-state index contributed by atoms with van der Waals surface area (Å²) >= 11 is 2.10. The summed E-state index contributed by atoms with van der Waals surface area (Å²) in [4.78, 5) is 15.9. The summed E-state index contributed by atoms with van der Waals surface area (Å²) in [6, 6.07) is 1.79. The number of rotatable bonds is 5. The second-order valence-electron chi connectivity index (χ2n) is 3.29. The second-order valence-corrected chi connectivity index (χ2v) is 4.45. The summed E-state index contributed by atoms with van der Waals surface area (Å²) in [7, 11) is 1.52. The van der Waals surface area contributed by atoms with Gasteiger partial charge in [0.25, 0.3) is 5.91 Å². The number of hydrogen-bond acceptors (Lipinski definition) is 3. The third-order valence-electron chi connectivity index (χ3n) is 2.10. The number of unbranched alkanes of at least 4 members (excludes halogenated alkanes) is 1. The lowest BCUT2D eigenvalue weighted by Gasteiger charge is -2.09. The van der Waals surface area contributed by atoms with Crippen molar-refractivity contribution in [3.8, 4) is 5.88 Å². The normalized spacial score (nSPS) is 9.94. The van der Waals surface area contributed by atoms with Gasteiger partial charge in [-0.2, -0.15) is 0 Å². The second kappa shape index (κ2) is 6.67. The summed E-state index contributed by atoms with van der Waals surface area (Å²) in [6.45, 7) is 2.77. The number of methoxy groups -OCH3 is 1. The number of carbonyl (C=O) groups is 1. The van der Waals surface area contributed by atoms with Crippen LogP contribution in [0.2, 0.25) is 0 Å². The van der Waals surface area contributed by atoms with E-state index in [-0.39, 0.29) is 5.91 Å². The number of amides is 1. The Hall–Kier alpha value is -0.850. The van der Waals surface area contributed by atoms with Crippen LogP contribution in [0.1, 0.15) is 30.1 Å². The summed E-state index contributed by atoms with van der Waals surface area (Å²) < 4.78 is 5.92. The van der Waals surface area contributed by atoms with Gasteiger partial charge < -0.3 is 10.1 Å². The van der Waals surface area contributed by atoms with Crippen molar-refractivity contribution in [1.82, 2.24) is 10.3 Å². The van der Waals surface area contributed by atoms with E-state index in [2.05, 4.69) is 39.8 Å². The van der Waals surface area contributed by atoms with Crippen LogP contribution in [0.5, 0.6) is 5.88 Å². The maximum absolute atomic E-state index is 11.9. The van der Waals surface area contributed by atoms with E-state index < -0.39 is 0 Å². The number of ether oxygens (including phenoxy) is 1. The largest absolute Gasteiger partial charge is 0.480 e. The fourth-order valence-electron chi connectivity index (χ4n) is 1.25. The van der Waals surface area contributed by atoms with Gasteiger partial charge in [0, 0.05) is 16.3 Å². The molecule has 5 heteroatoms. The van der Waals surface area contributed by atoms with Gasteiger partial charge in [0.2, 0.25) is 5.88 Å². The van der Waals surface area contributed by atoms with Crippen molar-refractivity contribution in [3.63, 3.8) is 0 Å². The van der Waals surface area contributed by atoms with E-state index in [1.165, 1.54) is 7.11 Å². The van der Waals surface area contributed by atoms with Crippen LogP contribution >= 0.6 is 22.6 Å². The number of halogens is 1. The molecule has 1 rings (SSSR count). The van der Waals surface area contributed by atoms with Crippen LogP contribution in [0, 0.1) is 3.57 Å². The van der Waals surface area contributed by atoms with Crippen LogP contribution in [0.3, 0.4) is 0 Å². The SMILES string of the molecule is CCCCNC(=O)c1c(I)ccnc1OC. The van der Waals surface area contributed by atoms with E-state index in [1.54, 1.807) is 12.3 Å². The van der Waals surface area contributed by atoms with Crippen LogP contribution in [0.4, 0.5) is 0 Å². The molecule has 0 unspecified atom stereocenters. The third-order valence-corrected chi connectivity index (χ3v) is 3.00. The summed E-state index contributed by atoms with van der Waals surface area (Å²) in [5.74, 6) is 0.253. The average molecular weight is 334 g/mol. The zero-order chi connectivity index (χ0) is 12.0. The van der Waals surface area contributed by atoms with Gasteiger partial charge in [0.15, 0.2) is 0 Å². The predicted octanol–water partition coefficient (Wildman–Crippen LogP) is 2.22. The predicted molar refractivity (Wildman–Crippen MR) is 70.7 cm³/mol. The van der Waals surface area contributed by atoms with E-state index >= 15 is 0 Å². The van der Waals surface area contributed by atoms with Crippen molar-refractivity contribution >= 4 is 28.5 Å². The van der Waals surface area contributed by atoms with Gasteiger partial charge in [0.05, 0.1) is 7.11 Å². The quantitative estimate of drug-likeness (QED) is 0.664. The minimum absolute atomic E-state index is 0.122. The molecule has 0 fully saturated rings. The molecule has 0 saturated heterocycles. The van der Waals surface area contributed by atoms with E-state index in [1.807, 2.05) is 0 Å². The average Bonchev–Trinajstić information content (AvgIpc) is 2.28. The number of carbonyl (C=O) groups excluding carboxylic acids is 1. The lowest BCUT2D eigenvalue weighted by atomic mass is 10.2. The molecule has 1 aromatic heterocycles. The zero-order valence-corrected chi connectivity index (χ0v) is 11.6.